The first-order valence-electron chi connectivity index (χ1n) is 5.08. The van der Waals surface area contributed by atoms with Crippen molar-refractivity contribution in [3.8, 4) is 0 Å². The summed E-state index contributed by atoms with van der Waals surface area (Å²) in [5.74, 6) is 0. The SMILES string of the molecule is Clc1ccc(Cl)c(CNc2cccc(I)c2)c1. The van der Waals surface area contributed by atoms with Crippen LogP contribution in [0.3, 0.4) is 0 Å². The molecule has 88 valence electrons. The number of hydrogen-bond donors (Lipinski definition) is 1. The standard InChI is InChI=1S/C13H10Cl2IN/c14-10-4-5-13(15)9(6-10)8-17-12-3-1-2-11(16)7-12/h1-7,17H,8H2. The van der Waals surface area contributed by atoms with Gasteiger partial charge in [0, 0.05) is 25.8 Å². The predicted molar refractivity (Wildman–Crippen MR) is 82.9 cm³/mol. The maximum absolute atomic E-state index is 6.09. The summed E-state index contributed by atoms with van der Waals surface area (Å²) in [5.41, 5.74) is 2.07. The average molecular weight is 378 g/mol. The first-order valence-corrected chi connectivity index (χ1v) is 6.92. The van der Waals surface area contributed by atoms with E-state index in [1.165, 1.54) is 3.57 Å². The number of nitrogens with one attached hydrogen (secondary N) is 1. The van der Waals surface area contributed by atoms with E-state index in [0.29, 0.717) is 11.6 Å². The minimum Gasteiger partial charge on any atom is -0.381 e. The van der Waals surface area contributed by atoms with Gasteiger partial charge in [0.25, 0.3) is 0 Å². The van der Waals surface area contributed by atoms with Crippen LogP contribution in [0.15, 0.2) is 42.5 Å². The van der Waals surface area contributed by atoms with E-state index in [1.807, 2.05) is 24.3 Å². The largest absolute Gasteiger partial charge is 0.381 e. The normalized spacial score (nSPS) is 10.3. The van der Waals surface area contributed by atoms with Gasteiger partial charge in [-0.2, -0.15) is 0 Å². The minimum atomic E-state index is 0.666. The lowest BCUT2D eigenvalue weighted by Crippen LogP contribution is -2.00. The molecule has 2 aromatic carbocycles. The van der Waals surface area contributed by atoms with Gasteiger partial charge in [-0.15, -0.1) is 0 Å². The van der Waals surface area contributed by atoms with Crippen LogP contribution in [0.5, 0.6) is 0 Å². The van der Waals surface area contributed by atoms with E-state index >= 15 is 0 Å². The molecule has 0 bridgehead atoms. The molecular formula is C13H10Cl2IN. The Kier molecular flexibility index (Phi) is 4.54. The molecule has 4 heteroatoms. The van der Waals surface area contributed by atoms with Crippen LogP contribution in [0.25, 0.3) is 0 Å². The molecule has 2 rings (SSSR count). The van der Waals surface area contributed by atoms with E-state index in [-0.39, 0.29) is 0 Å². The molecule has 17 heavy (non-hydrogen) atoms. The lowest BCUT2D eigenvalue weighted by atomic mass is 10.2. The minimum absolute atomic E-state index is 0.666. The van der Waals surface area contributed by atoms with E-state index in [2.05, 4.69) is 40.0 Å². The van der Waals surface area contributed by atoms with Crippen LogP contribution >= 0.6 is 45.8 Å². The fraction of sp³-hybridized carbons (Fsp3) is 0.0769. The molecule has 1 N–H and O–H groups in total. The van der Waals surface area contributed by atoms with Crippen molar-refractivity contribution in [2.24, 2.45) is 0 Å². The summed E-state index contributed by atoms with van der Waals surface area (Å²) in [7, 11) is 0. The molecule has 0 amide bonds. The van der Waals surface area contributed by atoms with Gasteiger partial charge in [0.05, 0.1) is 0 Å². The molecule has 2 aromatic rings. The zero-order valence-electron chi connectivity index (χ0n) is 8.88. The highest BCUT2D eigenvalue weighted by atomic mass is 127. The maximum Gasteiger partial charge on any atom is 0.0456 e. The summed E-state index contributed by atoms with van der Waals surface area (Å²) in [6.07, 6.45) is 0. The Labute approximate surface area is 124 Å². The molecule has 0 fully saturated rings. The third kappa shape index (κ3) is 3.76. The molecule has 0 saturated carbocycles. The Balaban J connectivity index is 2.09. The summed E-state index contributed by atoms with van der Waals surface area (Å²) in [4.78, 5) is 0. The molecule has 0 aromatic heterocycles. The zero-order chi connectivity index (χ0) is 12.3. The van der Waals surface area contributed by atoms with Crippen molar-refractivity contribution in [2.75, 3.05) is 5.32 Å². The fourth-order valence-electron chi connectivity index (χ4n) is 1.47. The number of rotatable bonds is 3. The van der Waals surface area contributed by atoms with Crippen molar-refractivity contribution in [3.63, 3.8) is 0 Å². The first-order chi connectivity index (χ1) is 8.15. The van der Waals surface area contributed by atoms with Gasteiger partial charge < -0.3 is 5.32 Å². The molecular weight excluding hydrogens is 368 g/mol. The second-order valence-corrected chi connectivity index (χ2v) is 5.69. The molecule has 0 heterocycles. The zero-order valence-corrected chi connectivity index (χ0v) is 12.6. The highest BCUT2D eigenvalue weighted by Gasteiger charge is 2.01. The first kappa shape index (κ1) is 13.0. The Morgan fingerprint density at radius 2 is 1.88 bits per heavy atom. The average Bonchev–Trinajstić information content (AvgIpc) is 2.30. The highest BCUT2D eigenvalue weighted by molar-refractivity contribution is 14.1. The second-order valence-electron chi connectivity index (χ2n) is 3.60. The van der Waals surface area contributed by atoms with Crippen LogP contribution in [0.2, 0.25) is 10.0 Å². The van der Waals surface area contributed by atoms with Crippen LogP contribution < -0.4 is 5.32 Å². The van der Waals surface area contributed by atoms with Gasteiger partial charge in [0.15, 0.2) is 0 Å². The molecule has 0 aliphatic carbocycles. The third-order valence-corrected chi connectivity index (χ3v) is 3.59. The number of benzene rings is 2. The van der Waals surface area contributed by atoms with Crippen LogP contribution in [0, 0.1) is 3.57 Å². The molecule has 0 atom stereocenters. The summed E-state index contributed by atoms with van der Waals surface area (Å²) in [6.45, 7) is 0.666. The predicted octanol–water partition coefficient (Wildman–Crippen LogP) is 5.21. The van der Waals surface area contributed by atoms with E-state index in [1.54, 1.807) is 6.07 Å². The molecule has 0 aliphatic heterocycles. The van der Waals surface area contributed by atoms with Gasteiger partial charge >= 0.3 is 0 Å². The molecule has 0 unspecified atom stereocenters. The van der Waals surface area contributed by atoms with Gasteiger partial charge in [-0.25, -0.2) is 0 Å². The van der Waals surface area contributed by atoms with E-state index in [4.69, 9.17) is 23.2 Å². The van der Waals surface area contributed by atoms with Crippen molar-refractivity contribution in [2.45, 2.75) is 6.54 Å². The van der Waals surface area contributed by atoms with Crippen molar-refractivity contribution in [1.29, 1.82) is 0 Å². The maximum atomic E-state index is 6.09. The summed E-state index contributed by atoms with van der Waals surface area (Å²) in [5, 5.41) is 4.75. The monoisotopic (exact) mass is 377 g/mol. The number of anilines is 1. The smallest absolute Gasteiger partial charge is 0.0456 e. The van der Waals surface area contributed by atoms with E-state index < -0.39 is 0 Å². The van der Waals surface area contributed by atoms with Crippen LogP contribution in [0.1, 0.15) is 5.56 Å². The second kappa shape index (κ2) is 5.94. The molecule has 0 spiro atoms. The third-order valence-electron chi connectivity index (χ3n) is 2.32. The molecule has 1 nitrogen and oxygen atoms in total. The van der Waals surface area contributed by atoms with E-state index in [0.717, 1.165) is 16.3 Å². The summed E-state index contributed by atoms with van der Waals surface area (Å²) in [6, 6.07) is 13.7. The lowest BCUT2D eigenvalue weighted by molar-refractivity contribution is 1.15. The van der Waals surface area contributed by atoms with Gasteiger partial charge in [-0.1, -0.05) is 29.3 Å². The van der Waals surface area contributed by atoms with Gasteiger partial charge in [0.2, 0.25) is 0 Å². The quantitative estimate of drug-likeness (QED) is 0.724. The number of halogens is 3. The Morgan fingerprint density at radius 1 is 1.06 bits per heavy atom. The molecule has 0 aliphatic rings. The topological polar surface area (TPSA) is 12.0 Å². The van der Waals surface area contributed by atoms with Gasteiger partial charge in [0.1, 0.15) is 0 Å². The molecule has 0 saturated heterocycles. The Morgan fingerprint density at radius 3 is 2.65 bits per heavy atom. The van der Waals surface area contributed by atoms with Crippen molar-refractivity contribution in [3.05, 3.63) is 61.6 Å². The Bertz CT molecular complexity index is 529. The van der Waals surface area contributed by atoms with Gasteiger partial charge in [-0.3, -0.25) is 0 Å². The Hall–Kier alpha value is -0.450. The summed E-state index contributed by atoms with van der Waals surface area (Å²) < 4.78 is 1.20. The fourth-order valence-corrected chi connectivity index (χ4v) is 2.40. The van der Waals surface area contributed by atoms with Crippen LogP contribution in [-0.2, 0) is 6.54 Å². The summed E-state index contributed by atoms with van der Waals surface area (Å²) >= 11 is 14.3. The van der Waals surface area contributed by atoms with Crippen molar-refractivity contribution < 1.29 is 0 Å². The highest BCUT2D eigenvalue weighted by Crippen LogP contribution is 2.22. The van der Waals surface area contributed by atoms with E-state index in [9.17, 15) is 0 Å². The molecule has 0 radical (unpaired) electrons. The van der Waals surface area contributed by atoms with Crippen LogP contribution in [0.4, 0.5) is 5.69 Å². The lowest BCUT2D eigenvalue weighted by Gasteiger charge is -2.08. The van der Waals surface area contributed by atoms with Gasteiger partial charge in [-0.05, 0) is 64.6 Å². The number of hydrogen-bond acceptors (Lipinski definition) is 1. The van der Waals surface area contributed by atoms with Crippen molar-refractivity contribution >= 4 is 51.5 Å². The van der Waals surface area contributed by atoms with Crippen molar-refractivity contribution in [1.82, 2.24) is 0 Å². The van der Waals surface area contributed by atoms with Crippen LogP contribution in [-0.4, -0.2) is 0 Å².